The molecule has 0 fully saturated rings. The summed E-state index contributed by atoms with van der Waals surface area (Å²) < 4.78 is 26.8. The Hall–Kier alpha value is -3.07. The van der Waals surface area contributed by atoms with Crippen LogP contribution >= 0.6 is 0 Å². The van der Waals surface area contributed by atoms with Gasteiger partial charge in [-0.25, -0.2) is 4.98 Å². The van der Waals surface area contributed by atoms with Gasteiger partial charge in [-0.2, -0.15) is 14.1 Å². The molecule has 0 amide bonds. The number of para-hydroxylation sites is 1. The molecular formula is C17H16FN5O3. The molecule has 0 aliphatic rings. The summed E-state index contributed by atoms with van der Waals surface area (Å²) in [4.78, 5) is 8.71. The maximum absolute atomic E-state index is 14.1. The smallest absolute Gasteiger partial charge is 0.277 e. The van der Waals surface area contributed by atoms with Gasteiger partial charge in [0.1, 0.15) is 23.1 Å². The van der Waals surface area contributed by atoms with Gasteiger partial charge < -0.3 is 14.5 Å². The maximum Gasteiger partial charge on any atom is 0.277 e. The van der Waals surface area contributed by atoms with E-state index in [4.69, 9.17) is 9.26 Å². The van der Waals surface area contributed by atoms with E-state index in [1.807, 2.05) is 6.92 Å². The molecule has 1 aromatic carbocycles. The number of fused-ring (bicyclic) bond motifs is 3. The number of aryl methyl sites for hydroxylation is 1. The Balaban J connectivity index is 1.95. The molecule has 0 radical (unpaired) electrons. The molecule has 0 aliphatic heterocycles. The van der Waals surface area contributed by atoms with Gasteiger partial charge in [0.05, 0.1) is 12.5 Å². The number of aromatic nitrogens is 5. The molecule has 1 unspecified atom stereocenters. The molecule has 0 spiro atoms. The highest BCUT2D eigenvalue weighted by atomic mass is 19.1. The van der Waals surface area contributed by atoms with Crippen molar-refractivity contribution in [1.29, 1.82) is 0 Å². The third kappa shape index (κ3) is 2.31. The van der Waals surface area contributed by atoms with Crippen molar-refractivity contribution in [2.24, 2.45) is 0 Å². The Labute approximate surface area is 147 Å². The van der Waals surface area contributed by atoms with Crippen LogP contribution in [0.3, 0.4) is 0 Å². The lowest BCUT2D eigenvalue weighted by Crippen LogP contribution is -2.33. The van der Waals surface area contributed by atoms with Gasteiger partial charge in [-0.3, -0.25) is 4.40 Å². The Kier molecular flexibility index (Phi) is 3.80. The third-order valence-corrected chi connectivity index (χ3v) is 4.33. The van der Waals surface area contributed by atoms with Crippen molar-refractivity contribution in [3.8, 4) is 11.5 Å². The largest absolute Gasteiger partial charge is 0.618 e. The van der Waals surface area contributed by atoms with Crippen LogP contribution in [0.5, 0.6) is 0 Å². The van der Waals surface area contributed by atoms with Crippen LogP contribution in [-0.4, -0.2) is 33.2 Å². The summed E-state index contributed by atoms with van der Waals surface area (Å²) in [6, 6.07) is 4.46. The zero-order valence-corrected chi connectivity index (χ0v) is 14.4. The lowest BCUT2D eigenvalue weighted by Gasteiger charge is -2.08. The normalized spacial score (nSPS) is 12.9. The number of nitrogens with zero attached hydrogens (tertiary/aromatic N) is 5. The van der Waals surface area contributed by atoms with Crippen LogP contribution in [0.2, 0.25) is 0 Å². The summed E-state index contributed by atoms with van der Waals surface area (Å²) in [6.07, 6.45) is 1.52. The predicted molar refractivity (Wildman–Crippen MR) is 89.9 cm³/mol. The topological polar surface area (TPSA) is 92.4 Å². The molecule has 134 valence electrons. The molecule has 3 aromatic heterocycles. The van der Waals surface area contributed by atoms with E-state index in [2.05, 4.69) is 15.1 Å². The van der Waals surface area contributed by atoms with Crippen molar-refractivity contribution in [2.45, 2.75) is 19.8 Å². The van der Waals surface area contributed by atoms with E-state index in [0.29, 0.717) is 39.6 Å². The Morgan fingerprint density at radius 2 is 2.23 bits per heavy atom. The molecule has 4 aromatic rings. The van der Waals surface area contributed by atoms with Crippen molar-refractivity contribution in [3.63, 3.8) is 0 Å². The fourth-order valence-electron chi connectivity index (χ4n) is 3.06. The lowest BCUT2D eigenvalue weighted by molar-refractivity contribution is -0.584. The molecule has 9 heteroatoms. The lowest BCUT2D eigenvalue weighted by atomic mass is 10.2. The fraction of sp³-hybridized carbons (Fsp3) is 0.294. The fourth-order valence-corrected chi connectivity index (χ4v) is 3.06. The highest BCUT2D eigenvalue weighted by molar-refractivity contribution is 5.82. The predicted octanol–water partition coefficient (Wildman–Crippen LogP) is 2.37. The monoisotopic (exact) mass is 357 g/mol. The van der Waals surface area contributed by atoms with E-state index < -0.39 is 5.82 Å². The average Bonchev–Trinajstić information content (AvgIpc) is 3.26. The van der Waals surface area contributed by atoms with E-state index >= 15 is 0 Å². The maximum atomic E-state index is 14.1. The molecule has 0 N–H and O–H groups in total. The highest BCUT2D eigenvalue weighted by Gasteiger charge is 2.25. The van der Waals surface area contributed by atoms with Crippen LogP contribution < -0.4 is 4.73 Å². The summed E-state index contributed by atoms with van der Waals surface area (Å²) in [5, 5.41) is 16.6. The van der Waals surface area contributed by atoms with Crippen LogP contribution in [0.4, 0.5) is 4.39 Å². The summed E-state index contributed by atoms with van der Waals surface area (Å²) in [5.74, 6) is 0.0235. The first-order valence-electron chi connectivity index (χ1n) is 8.03. The van der Waals surface area contributed by atoms with E-state index in [1.165, 1.54) is 12.4 Å². The Morgan fingerprint density at radius 1 is 1.42 bits per heavy atom. The van der Waals surface area contributed by atoms with Crippen molar-refractivity contribution in [3.05, 3.63) is 47.1 Å². The van der Waals surface area contributed by atoms with Gasteiger partial charge in [0.2, 0.25) is 17.4 Å². The first-order valence-corrected chi connectivity index (χ1v) is 8.03. The summed E-state index contributed by atoms with van der Waals surface area (Å²) in [7, 11) is 1.59. The second-order valence-electron chi connectivity index (χ2n) is 6.11. The van der Waals surface area contributed by atoms with Crippen molar-refractivity contribution in [2.75, 3.05) is 13.7 Å². The van der Waals surface area contributed by atoms with E-state index in [9.17, 15) is 9.60 Å². The van der Waals surface area contributed by atoms with Crippen LogP contribution in [0, 0.1) is 17.9 Å². The van der Waals surface area contributed by atoms with Crippen molar-refractivity contribution >= 4 is 16.6 Å². The van der Waals surface area contributed by atoms with Crippen LogP contribution in [0.1, 0.15) is 24.4 Å². The van der Waals surface area contributed by atoms with E-state index in [-0.39, 0.29) is 17.3 Å². The highest BCUT2D eigenvalue weighted by Crippen LogP contribution is 2.27. The summed E-state index contributed by atoms with van der Waals surface area (Å²) in [5.41, 5.74) is 1.58. The molecule has 8 nitrogen and oxygen atoms in total. The minimum absolute atomic E-state index is 0.0380. The van der Waals surface area contributed by atoms with E-state index in [1.54, 1.807) is 30.6 Å². The van der Waals surface area contributed by atoms with Crippen molar-refractivity contribution < 1.29 is 18.4 Å². The van der Waals surface area contributed by atoms with Gasteiger partial charge >= 0.3 is 0 Å². The first kappa shape index (κ1) is 16.4. The number of benzene rings is 1. The number of imidazole rings is 1. The van der Waals surface area contributed by atoms with Crippen LogP contribution in [-0.2, 0) is 4.74 Å². The van der Waals surface area contributed by atoms with Crippen molar-refractivity contribution in [1.82, 2.24) is 19.5 Å². The quantitative estimate of drug-likeness (QED) is 0.411. The molecule has 1 atom stereocenters. The number of halogens is 1. The zero-order valence-electron chi connectivity index (χ0n) is 14.4. The number of methoxy groups -OCH3 is 1. The van der Waals surface area contributed by atoms with Gasteiger partial charge in [-0.1, -0.05) is 18.1 Å². The Bertz CT molecular complexity index is 1120. The third-order valence-electron chi connectivity index (χ3n) is 4.33. The zero-order chi connectivity index (χ0) is 18.4. The Morgan fingerprint density at radius 3 is 3.00 bits per heavy atom. The summed E-state index contributed by atoms with van der Waals surface area (Å²) >= 11 is 0. The molecule has 4 rings (SSSR count). The molecule has 26 heavy (non-hydrogen) atoms. The van der Waals surface area contributed by atoms with Gasteiger partial charge in [0.15, 0.2) is 5.82 Å². The van der Waals surface area contributed by atoms with Crippen LogP contribution in [0.15, 0.2) is 29.0 Å². The van der Waals surface area contributed by atoms with Gasteiger partial charge in [0.25, 0.3) is 5.52 Å². The average molecular weight is 357 g/mol. The SMILES string of the molecule is COCC(C)c1nc(-c2ncn3c2c(C)[n+]([O-])c2c(F)cccc23)no1. The first-order chi connectivity index (χ1) is 12.5. The number of hydrogen-bond acceptors (Lipinski definition) is 6. The molecule has 0 aliphatic carbocycles. The molecule has 0 saturated carbocycles. The number of hydrogen-bond donors (Lipinski definition) is 0. The second-order valence-corrected chi connectivity index (χ2v) is 6.11. The van der Waals surface area contributed by atoms with Crippen LogP contribution in [0.25, 0.3) is 28.1 Å². The van der Waals surface area contributed by atoms with Gasteiger partial charge in [-0.15, -0.1) is 0 Å². The summed E-state index contributed by atoms with van der Waals surface area (Å²) in [6.45, 7) is 3.95. The standard InChI is InChI=1S/C17H16FN5O3/c1-9(7-25-3)17-20-16(21-26-17)13-14-10(2)23(24)15-11(18)5-4-6-12(15)22(14)8-19-13/h4-6,8-9H,7H2,1-3H3. The second kappa shape index (κ2) is 6.03. The molecule has 0 saturated heterocycles. The van der Waals surface area contributed by atoms with Gasteiger partial charge in [-0.05, 0) is 12.1 Å². The van der Waals surface area contributed by atoms with E-state index in [0.717, 1.165) is 0 Å². The number of rotatable bonds is 4. The number of ether oxygens (including phenoxy) is 1. The van der Waals surface area contributed by atoms with Gasteiger partial charge in [0, 0.05) is 14.0 Å². The minimum Gasteiger partial charge on any atom is -0.618 e. The minimum atomic E-state index is -0.590. The molecular weight excluding hydrogens is 341 g/mol. The molecule has 3 heterocycles. The molecule has 0 bridgehead atoms.